The molecule has 0 aromatic carbocycles. The lowest BCUT2D eigenvalue weighted by molar-refractivity contribution is -0.231. The van der Waals surface area contributed by atoms with Crippen molar-refractivity contribution in [2.24, 2.45) is 5.41 Å². The molecule has 1 heterocycles. The summed E-state index contributed by atoms with van der Waals surface area (Å²) in [6, 6.07) is 0. The summed E-state index contributed by atoms with van der Waals surface area (Å²) >= 11 is 0. The summed E-state index contributed by atoms with van der Waals surface area (Å²) < 4.78 is 15.5. The maximum Gasteiger partial charge on any atom is 0.306 e. The lowest BCUT2D eigenvalue weighted by Crippen LogP contribution is -2.39. The Labute approximate surface area is 84.5 Å². The van der Waals surface area contributed by atoms with E-state index < -0.39 is 0 Å². The molecule has 1 fully saturated rings. The highest BCUT2D eigenvalue weighted by atomic mass is 16.7. The average molecular weight is 202 g/mol. The molecule has 0 aromatic rings. The van der Waals surface area contributed by atoms with Crippen molar-refractivity contribution >= 4 is 5.97 Å². The predicted molar refractivity (Wildman–Crippen MR) is 50.7 cm³/mol. The normalized spacial score (nSPS) is 19.4. The molecule has 14 heavy (non-hydrogen) atoms. The highest BCUT2D eigenvalue weighted by Gasteiger charge is 2.35. The number of hydrogen-bond acceptors (Lipinski definition) is 4. The van der Waals surface area contributed by atoms with Gasteiger partial charge in [-0.3, -0.25) is 4.79 Å². The van der Waals surface area contributed by atoms with Gasteiger partial charge in [-0.05, 0) is 6.42 Å². The van der Waals surface area contributed by atoms with Crippen LogP contribution in [0.15, 0.2) is 0 Å². The first-order chi connectivity index (χ1) is 6.56. The fraction of sp³-hybridized carbons (Fsp3) is 0.900. The number of hydrogen-bond donors (Lipinski definition) is 0. The molecule has 0 amide bonds. The number of ether oxygens (including phenoxy) is 3. The smallest absolute Gasteiger partial charge is 0.306 e. The van der Waals surface area contributed by atoms with Gasteiger partial charge in [0.1, 0.15) is 0 Å². The van der Waals surface area contributed by atoms with Crippen molar-refractivity contribution in [1.82, 2.24) is 0 Å². The van der Waals surface area contributed by atoms with Gasteiger partial charge >= 0.3 is 5.97 Å². The van der Waals surface area contributed by atoms with Crippen molar-refractivity contribution in [3.63, 3.8) is 0 Å². The summed E-state index contributed by atoms with van der Waals surface area (Å²) in [7, 11) is 1.39. The van der Waals surface area contributed by atoms with Crippen LogP contribution < -0.4 is 0 Å². The van der Waals surface area contributed by atoms with Crippen LogP contribution >= 0.6 is 0 Å². The van der Waals surface area contributed by atoms with E-state index >= 15 is 0 Å². The van der Waals surface area contributed by atoms with Gasteiger partial charge in [0.25, 0.3) is 0 Å². The van der Waals surface area contributed by atoms with Gasteiger partial charge in [-0.15, -0.1) is 0 Å². The Morgan fingerprint density at radius 1 is 1.43 bits per heavy atom. The van der Waals surface area contributed by atoms with Gasteiger partial charge in [0.05, 0.1) is 26.7 Å². The Kier molecular flexibility index (Phi) is 3.89. The van der Waals surface area contributed by atoms with E-state index in [1.54, 1.807) is 0 Å². The van der Waals surface area contributed by atoms with Crippen LogP contribution in [0.2, 0.25) is 0 Å². The quantitative estimate of drug-likeness (QED) is 0.648. The Morgan fingerprint density at radius 3 is 2.50 bits per heavy atom. The third-order valence-electron chi connectivity index (χ3n) is 2.29. The number of rotatable bonds is 3. The molecule has 0 saturated carbocycles. The molecule has 0 atom stereocenters. The van der Waals surface area contributed by atoms with Crippen molar-refractivity contribution in [2.75, 3.05) is 20.3 Å². The predicted octanol–water partition coefficient (Wildman–Crippen LogP) is 1.34. The number of carbonyl (C=O) groups is 1. The minimum absolute atomic E-state index is 0.229. The largest absolute Gasteiger partial charge is 0.469 e. The molecule has 0 N–H and O–H groups in total. The molecule has 1 aliphatic rings. The SMILES string of the molecule is COC(=O)CC(C)(C)C1OCCCO1. The van der Waals surface area contributed by atoms with E-state index in [1.165, 1.54) is 7.11 Å². The highest BCUT2D eigenvalue weighted by molar-refractivity contribution is 5.70. The molecular formula is C10H18O4. The fourth-order valence-electron chi connectivity index (χ4n) is 1.47. The summed E-state index contributed by atoms with van der Waals surface area (Å²) in [5, 5.41) is 0. The van der Waals surface area contributed by atoms with Crippen LogP contribution in [0.3, 0.4) is 0 Å². The van der Waals surface area contributed by atoms with Gasteiger partial charge in [0.2, 0.25) is 0 Å². The molecule has 0 bridgehead atoms. The number of carbonyl (C=O) groups excluding carboxylic acids is 1. The molecule has 0 unspecified atom stereocenters. The summed E-state index contributed by atoms with van der Waals surface area (Å²) in [5.74, 6) is -0.229. The maximum absolute atomic E-state index is 11.1. The molecule has 0 radical (unpaired) electrons. The topological polar surface area (TPSA) is 44.8 Å². The van der Waals surface area contributed by atoms with E-state index in [9.17, 15) is 4.79 Å². The van der Waals surface area contributed by atoms with E-state index in [0.29, 0.717) is 19.6 Å². The maximum atomic E-state index is 11.1. The summed E-state index contributed by atoms with van der Waals surface area (Å²) in [5.41, 5.74) is -0.326. The van der Waals surface area contributed by atoms with E-state index in [-0.39, 0.29) is 17.7 Å². The molecule has 1 rings (SSSR count). The molecule has 4 nitrogen and oxygen atoms in total. The lowest BCUT2D eigenvalue weighted by Gasteiger charge is -2.35. The summed E-state index contributed by atoms with van der Waals surface area (Å²) in [4.78, 5) is 11.1. The third kappa shape index (κ3) is 2.96. The van der Waals surface area contributed by atoms with Crippen molar-refractivity contribution < 1.29 is 19.0 Å². The Bertz CT molecular complexity index is 194. The van der Waals surface area contributed by atoms with Crippen LogP contribution in [-0.4, -0.2) is 32.6 Å². The molecule has 0 spiro atoms. The zero-order chi connectivity index (χ0) is 10.6. The first-order valence-corrected chi connectivity index (χ1v) is 4.86. The standard InChI is InChI=1S/C10H18O4/c1-10(2,7-8(11)12-3)9-13-5-4-6-14-9/h9H,4-7H2,1-3H3. The van der Waals surface area contributed by atoms with Crippen LogP contribution in [0.25, 0.3) is 0 Å². The van der Waals surface area contributed by atoms with Gasteiger partial charge < -0.3 is 14.2 Å². The third-order valence-corrected chi connectivity index (χ3v) is 2.29. The van der Waals surface area contributed by atoms with Crippen LogP contribution in [-0.2, 0) is 19.0 Å². The minimum atomic E-state index is -0.326. The van der Waals surface area contributed by atoms with Crippen molar-refractivity contribution in [2.45, 2.75) is 33.0 Å². The Balaban J connectivity index is 2.49. The second-order valence-corrected chi connectivity index (χ2v) is 4.17. The molecule has 4 heteroatoms. The Morgan fingerprint density at radius 2 is 2.00 bits per heavy atom. The van der Waals surface area contributed by atoms with Gasteiger partial charge in [-0.2, -0.15) is 0 Å². The second-order valence-electron chi connectivity index (χ2n) is 4.17. The molecule has 82 valence electrons. The molecule has 1 saturated heterocycles. The van der Waals surface area contributed by atoms with Crippen molar-refractivity contribution in [3.8, 4) is 0 Å². The van der Waals surface area contributed by atoms with Crippen LogP contribution in [0.5, 0.6) is 0 Å². The monoisotopic (exact) mass is 202 g/mol. The van der Waals surface area contributed by atoms with Crippen LogP contribution in [0.4, 0.5) is 0 Å². The highest BCUT2D eigenvalue weighted by Crippen LogP contribution is 2.30. The van der Waals surface area contributed by atoms with Crippen LogP contribution in [0.1, 0.15) is 26.7 Å². The van der Waals surface area contributed by atoms with E-state index in [2.05, 4.69) is 4.74 Å². The zero-order valence-electron chi connectivity index (χ0n) is 9.04. The Hall–Kier alpha value is -0.610. The summed E-state index contributed by atoms with van der Waals surface area (Å²) in [6.07, 6.45) is 0.939. The molecular weight excluding hydrogens is 184 g/mol. The fourth-order valence-corrected chi connectivity index (χ4v) is 1.47. The molecule has 0 aromatic heterocycles. The van der Waals surface area contributed by atoms with E-state index in [1.807, 2.05) is 13.8 Å². The first-order valence-electron chi connectivity index (χ1n) is 4.86. The van der Waals surface area contributed by atoms with Crippen molar-refractivity contribution in [3.05, 3.63) is 0 Å². The lowest BCUT2D eigenvalue weighted by atomic mass is 9.88. The zero-order valence-corrected chi connectivity index (χ0v) is 9.04. The van der Waals surface area contributed by atoms with Gasteiger partial charge in [0, 0.05) is 5.41 Å². The van der Waals surface area contributed by atoms with E-state index in [0.717, 1.165) is 6.42 Å². The van der Waals surface area contributed by atoms with Crippen molar-refractivity contribution in [1.29, 1.82) is 0 Å². The van der Waals surface area contributed by atoms with Crippen LogP contribution in [0, 0.1) is 5.41 Å². The van der Waals surface area contributed by atoms with Gasteiger partial charge in [-0.25, -0.2) is 0 Å². The number of methoxy groups -OCH3 is 1. The first kappa shape index (κ1) is 11.5. The molecule has 0 aliphatic carbocycles. The van der Waals surface area contributed by atoms with Gasteiger partial charge in [0.15, 0.2) is 6.29 Å². The van der Waals surface area contributed by atoms with Gasteiger partial charge in [-0.1, -0.05) is 13.8 Å². The molecule has 1 aliphatic heterocycles. The van der Waals surface area contributed by atoms with E-state index in [4.69, 9.17) is 9.47 Å². The average Bonchev–Trinajstić information content (AvgIpc) is 2.18. The second kappa shape index (κ2) is 4.75. The summed E-state index contributed by atoms with van der Waals surface area (Å²) in [6.45, 7) is 5.30. The number of esters is 1. The minimum Gasteiger partial charge on any atom is -0.469 e.